The molecule has 1 aromatic heterocycles. The van der Waals surface area contributed by atoms with Gasteiger partial charge >= 0.3 is 0 Å². The Kier molecular flexibility index (Phi) is 2.47. The molecule has 15 heavy (non-hydrogen) atoms. The fourth-order valence-electron chi connectivity index (χ4n) is 1.51. The number of anilines is 1. The first-order valence-electron chi connectivity index (χ1n) is 4.62. The number of nitrogens with zero attached hydrogens (tertiary/aromatic N) is 2. The Morgan fingerprint density at radius 2 is 2.07 bits per heavy atom. The van der Waals surface area contributed by atoms with E-state index in [1.807, 2.05) is 0 Å². The first-order valence-corrected chi connectivity index (χ1v) is 4.62. The van der Waals surface area contributed by atoms with Crippen molar-refractivity contribution in [2.75, 3.05) is 12.3 Å². The predicted molar refractivity (Wildman–Crippen MR) is 56.7 cm³/mol. The normalized spacial score (nSPS) is 10.8. The van der Waals surface area contributed by atoms with Crippen LogP contribution in [0.5, 0.6) is 0 Å². The molecule has 0 spiro atoms. The lowest BCUT2D eigenvalue weighted by atomic mass is 10.1. The molecule has 0 fully saturated rings. The van der Waals surface area contributed by atoms with Gasteiger partial charge in [-0.25, -0.2) is 14.4 Å². The zero-order valence-electron chi connectivity index (χ0n) is 8.07. The predicted octanol–water partition coefficient (Wildman–Crippen LogP) is 0.852. The smallest absolute Gasteiger partial charge is 0.220 e. The van der Waals surface area contributed by atoms with E-state index in [9.17, 15) is 4.39 Å². The van der Waals surface area contributed by atoms with E-state index < -0.39 is 0 Å². The number of halogens is 1. The maximum absolute atomic E-state index is 13.0. The Morgan fingerprint density at radius 1 is 1.27 bits per heavy atom. The van der Waals surface area contributed by atoms with E-state index >= 15 is 0 Å². The molecule has 2 aromatic rings. The number of fused-ring (bicyclic) bond motifs is 1. The van der Waals surface area contributed by atoms with Crippen molar-refractivity contribution in [1.82, 2.24) is 9.97 Å². The highest BCUT2D eigenvalue weighted by atomic mass is 19.1. The van der Waals surface area contributed by atoms with E-state index in [2.05, 4.69) is 9.97 Å². The van der Waals surface area contributed by atoms with Gasteiger partial charge in [0.15, 0.2) is 0 Å². The summed E-state index contributed by atoms with van der Waals surface area (Å²) in [6, 6.07) is 4.34. The summed E-state index contributed by atoms with van der Waals surface area (Å²) in [6.07, 6.45) is 0.562. The Hall–Kier alpha value is -1.75. The summed E-state index contributed by atoms with van der Waals surface area (Å²) in [6.45, 7) is 0.446. The van der Waals surface area contributed by atoms with Crippen molar-refractivity contribution >= 4 is 16.9 Å². The fourth-order valence-corrected chi connectivity index (χ4v) is 1.51. The maximum atomic E-state index is 13.0. The van der Waals surface area contributed by atoms with Crippen molar-refractivity contribution in [1.29, 1.82) is 0 Å². The molecule has 0 amide bonds. The van der Waals surface area contributed by atoms with Gasteiger partial charge in [0.25, 0.3) is 0 Å². The average molecular weight is 206 g/mol. The van der Waals surface area contributed by atoms with Crippen LogP contribution < -0.4 is 11.5 Å². The van der Waals surface area contributed by atoms with E-state index in [1.54, 1.807) is 6.07 Å². The summed E-state index contributed by atoms with van der Waals surface area (Å²) in [5, 5.41) is 0.676. The standard InChI is InChI=1S/C10H11FN4/c11-6-1-2-8-7(5-6)9(3-4-12)15-10(13)14-8/h1-2,5H,3-4,12H2,(H2,13,14,15). The second-order valence-corrected chi connectivity index (χ2v) is 3.23. The van der Waals surface area contributed by atoms with Gasteiger partial charge in [-0.05, 0) is 24.7 Å². The number of nitrogen functional groups attached to an aromatic ring is 1. The number of benzene rings is 1. The minimum atomic E-state index is -0.311. The lowest BCUT2D eigenvalue weighted by molar-refractivity contribution is 0.629. The first kappa shape index (κ1) is 9.79. The van der Waals surface area contributed by atoms with Crippen LogP contribution in [0.4, 0.5) is 10.3 Å². The third kappa shape index (κ3) is 1.87. The SMILES string of the molecule is NCCc1nc(N)nc2ccc(F)cc12. The average Bonchev–Trinajstić information content (AvgIpc) is 2.19. The molecular weight excluding hydrogens is 195 g/mol. The van der Waals surface area contributed by atoms with Crippen molar-refractivity contribution in [3.8, 4) is 0 Å². The number of aromatic nitrogens is 2. The molecule has 4 N–H and O–H groups in total. The van der Waals surface area contributed by atoms with E-state index in [0.717, 1.165) is 0 Å². The molecule has 0 aliphatic heterocycles. The number of rotatable bonds is 2. The van der Waals surface area contributed by atoms with Crippen LogP contribution in [-0.2, 0) is 6.42 Å². The lowest BCUT2D eigenvalue weighted by Crippen LogP contribution is -2.07. The van der Waals surface area contributed by atoms with Crippen LogP contribution in [0.3, 0.4) is 0 Å². The van der Waals surface area contributed by atoms with Crippen LogP contribution in [0.2, 0.25) is 0 Å². The van der Waals surface area contributed by atoms with E-state index in [-0.39, 0.29) is 11.8 Å². The van der Waals surface area contributed by atoms with Crippen LogP contribution >= 0.6 is 0 Å². The molecule has 0 saturated carbocycles. The van der Waals surface area contributed by atoms with E-state index in [1.165, 1.54) is 12.1 Å². The second-order valence-electron chi connectivity index (χ2n) is 3.23. The van der Waals surface area contributed by atoms with Gasteiger partial charge in [0.2, 0.25) is 5.95 Å². The van der Waals surface area contributed by atoms with E-state index in [0.29, 0.717) is 29.6 Å². The Morgan fingerprint density at radius 3 is 2.80 bits per heavy atom. The van der Waals surface area contributed by atoms with Gasteiger partial charge in [-0.15, -0.1) is 0 Å². The largest absolute Gasteiger partial charge is 0.368 e. The van der Waals surface area contributed by atoms with Crippen LogP contribution in [0.15, 0.2) is 18.2 Å². The molecular formula is C10H11FN4. The van der Waals surface area contributed by atoms with Crippen molar-refractivity contribution < 1.29 is 4.39 Å². The minimum Gasteiger partial charge on any atom is -0.368 e. The highest BCUT2D eigenvalue weighted by molar-refractivity contribution is 5.81. The minimum absolute atomic E-state index is 0.192. The van der Waals surface area contributed by atoms with Gasteiger partial charge in [0, 0.05) is 11.8 Å². The molecule has 5 heteroatoms. The molecule has 0 atom stereocenters. The number of hydrogen-bond donors (Lipinski definition) is 2. The van der Waals surface area contributed by atoms with Gasteiger partial charge in [-0.1, -0.05) is 0 Å². The maximum Gasteiger partial charge on any atom is 0.220 e. The number of nitrogens with two attached hydrogens (primary N) is 2. The van der Waals surface area contributed by atoms with Crippen LogP contribution in [0.25, 0.3) is 10.9 Å². The van der Waals surface area contributed by atoms with Crippen LogP contribution in [-0.4, -0.2) is 16.5 Å². The highest BCUT2D eigenvalue weighted by Gasteiger charge is 2.06. The summed E-state index contributed by atoms with van der Waals surface area (Å²) in [7, 11) is 0. The third-order valence-corrected chi connectivity index (χ3v) is 2.14. The quantitative estimate of drug-likeness (QED) is 0.763. The molecule has 1 aromatic carbocycles. The number of hydrogen-bond acceptors (Lipinski definition) is 4. The van der Waals surface area contributed by atoms with Gasteiger partial charge in [0.05, 0.1) is 11.2 Å². The fraction of sp³-hybridized carbons (Fsp3) is 0.200. The first-order chi connectivity index (χ1) is 7.20. The van der Waals surface area contributed by atoms with Crippen LogP contribution in [0, 0.1) is 5.82 Å². The molecule has 0 aliphatic rings. The summed E-state index contributed by atoms with van der Waals surface area (Å²) in [5.74, 6) is -0.119. The van der Waals surface area contributed by atoms with Gasteiger partial charge < -0.3 is 11.5 Å². The van der Waals surface area contributed by atoms with Gasteiger partial charge in [-0.2, -0.15) is 0 Å². The molecule has 78 valence electrons. The Balaban J connectivity index is 2.70. The molecule has 4 nitrogen and oxygen atoms in total. The molecule has 0 unspecified atom stereocenters. The summed E-state index contributed by atoms with van der Waals surface area (Å²) in [4.78, 5) is 8.07. The molecule has 0 bridgehead atoms. The second kappa shape index (κ2) is 3.78. The highest BCUT2D eigenvalue weighted by Crippen LogP contribution is 2.18. The van der Waals surface area contributed by atoms with Crippen molar-refractivity contribution in [3.05, 3.63) is 29.7 Å². The zero-order valence-corrected chi connectivity index (χ0v) is 8.07. The topological polar surface area (TPSA) is 77.8 Å². The summed E-state index contributed by atoms with van der Waals surface area (Å²) < 4.78 is 13.0. The summed E-state index contributed by atoms with van der Waals surface area (Å²) in [5.41, 5.74) is 12.3. The zero-order chi connectivity index (χ0) is 10.8. The monoisotopic (exact) mass is 206 g/mol. The van der Waals surface area contributed by atoms with Crippen LogP contribution in [0.1, 0.15) is 5.69 Å². The van der Waals surface area contributed by atoms with Gasteiger partial charge in [-0.3, -0.25) is 0 Å². The molecule has 0 saturated heterocycles. The Labute approximate surface area is 86.1 Å². The molecule has 2 rings (SSSR count). The van der Waals surface area contributed by atoms with Crippen molar-refractivity contribution in [2.24, 2.45) is 5.73 Å². The molecule has 1 heterocycles. The molecule has 0 aliphatic carbocycles. The van der Waals surface area contributed by atoms with E-state index in [4.69, 9.17) is 11.5 Å². The van der Waals surface area contributed by atoms with Crippen molar-refractivity contribution in [3.63, 3.8) is 0 Å². The van der Waals surface area contributed by atoms with Gasteiger partial charge in [0.1, 0.15) is 5.82 Å². The third-order valence-electron chi connectivity index (χ3n) is 2.14. The summed E-state index contributed by atoms with van der Waals surface area (Å²) >= 11 is 0. The molecule has 0 radical (unpaired) electrons. The Bertz CT molecular complexity index is 498. The lowest BCUT2D eigenvalue weighted by Gasteiger charge is -2.05. The van der Waals surface area contributed by atoms with Crippen molar-refractivity contribution in [2.45, 2.75) is 6.42 Å².